The van der Waals surface area contributed by atoms with Gasteiger partial charge in [-0.05, 0) is 18.8 Å². The van der Waals surface area contributed by atoms with Gasteiger partial charge in [0.1, 0.15) is 0 Å². The van der Waals surface area contributed by atoms with Crippen LogP contribution >= 0.6 is 0 Å². The Kier molecular flexibility index (Phi) is 6.06. The normalized spacial score (nSPS) is 13.7. The minimum atomic E-state index is 0.622. The van der Waals surface area contributed by atoms with Gasteiger partial charge in [0.25, 0.3) is 0 Å². The van der Waals surface area contributed by atoms with Crippen LogP contribution in [0.2, 0.25) is 0 Å². The van der Waals surface area contributed by atoms with Crippen molar-refractivity contribution in [3.05, 3.63) is 6.92 Å². The second-order valence-electron chi connectivity index (χ2n) is 2.47. The highest BCUT2D eigenvalue weighted by Gasteiger charge is 1.95. The third kappa shape index (κ3) is 5.84. The molecule has 1 heteroatoms. The standard InChI is InChI=1S/C8H17O/c1-4-6-9-7-8(3)5-2/h8H,2,4-7H2,1,3H3. The van der Waals surface area contributed by atoms with Gasteiger partial charge in [0.15, 0.2) is 0 Å². The summed E-state index contributed by atoms with van der Waals surface area (Å²) in [7, 11) is 0. The predicted molar refractivity (Wildman–Crippen MR) is 40.2 cm³/mol. The van der Waals surface area contributed by atoms with E-state index < -0.39 is 0 Å². The average Bonchev–Trinajstić information content (AvgIpc) is 1.89. The summed E-state index contributed by atoms with van der Waals surface area (Å²) in [5.41, 5.74) is 0. The van der Waals surface area contributed by atoms with Gasteiger partial charge in [-0.25, -0.2) is 0 Å². The van der Waals surface area contributed by atoms with Gasteiger partial charge in [0.2, 0.25) is 0 Å². The fourth-order valence-corrected chi connectivity index (χ4v) is 0.512. The summed E-state index contributed by atoms with van der Waals surface area (Å²) >= 11 is 0. The molecule has 9 heavy (non-hydrogen) atoms. The van der Waals surface area contributed by atoms with Gasteiger partial charge in [-0.2, -0.15) is 0 Å². The minimum absolute atomic E-state index is 0.622. The fourth-order valence-electron chi connectivity index (χ4n) is 0.512. The fraction of sp³-hybridized carbons (Fsp3) is 0.875. The Labute approximate surface area is 58.4 Å². The SMILES string of the molecule is [CH2]CC(C)COCCC. The topological polar surface area (TPSA) is 9.23 Å². The van der Waals surface area contributed by atoms with Crippen LogP contribution in [-0.4, -0.2) is 13.2 Å². The number of rotatable bonds is 5. The first-order valence-electron chi connectivity index (χ1n) is 3.68. The lowest BCUT2D eigenvalue weighted by atomic mass is 10.1. The lowest BCUT2D eigenvalue weighted by molar-refractivity contribution is 0.106. The minimum Gasteiger partial charge on any atom is -0.381 e. The van der Waals surface area contributed by atoms with E-state index in [-0.39, 0.29) is 0 Å². The summed E-state index contributed by atoms with van der Waals surface area (Å²) < 4.78 is 5.30. The van der Waals surface area contributed by atoms with Crippen LogP contribution in [-0.2, 0) is 4.74 Å². The smallest absolute Gasteiger partial charge is 0.0491 e. The maximum atomic E-state index is 5.30. The van der Waals surface area contributed by atoms with Crippen molar-refractivity contribution in [1.29, 1.82) is 0 Å². The second-order valence-corrected chi connectivity index (χ2v) is 2.47. The summed E-state index contributed by atoms with van der Waals surface area (Å²) in [6, 6.07) is 0. The molecule has 0 fully saturated rings. The Bertz CT molecular complexity index is 52.5. The second kappa shape index (κ2) is 6.09. The van der Waals surface area contributed by atoms with Crippen LogP contribution < -0.4 is 0 Å². The van der Waals surface area contributed by atoms with Crippen molar-refractivity contribution in [3.63, 3.8) is 0 Å². The molecule has 1 unspecified atom stereocenters. The van der Waals surface area contributed by atoms with Gasteiger partial charge in [-0.1, -0.05) is 20.8 Å². The number of hydrogen-bond donors (Lipinski definition) is 0. The average molecular weight is 129 g/mol. The Morgan fingerprint density at radius 3 is 2.67 bits per heavy atom. The van der Waals surface area contributed by atoms with Crippen LogP contribution in [0.25, 0.3) is 0 Å². The van der Waals surface area contributed by atoms with Crippen molar-refractivity contribution in [2.45, 2.75) is 26.7 Å². The summed E-state index contributed by atoms with van der Waals surface area (Å²) in [4.78, 5) is 0. The zero-order valence-corrected chi connectivity index (χ0v) is 6.52. The van der Waals surface area contributed by atoms with E-state index >= 15 is 0 Å². The Balaban J connectivity index is 2.88. The first kappa shape index (κ1) is 8.96. The molecule has 1 nitrogen and oxygen atoms in total. The van der Waals surface area contributed by atoms with E-state index in [1.165, 1.54) is 0 Å². The third-order valence-electron chi connectivity index (χ3n) is 1.24. The molecule has 0 aromatic rings. The van der Waals surface area contributed by atoms with Crippen LogP contribution in [0.1, 0.15) is 26.7 Å². The van der Waals surface area contributed by atoms with Crippen molar-refractivity contribution in [1.82, 2.24) is 0 Å². The molecule has 1 atom stereocenters. The highest BCUT2D eigenvalue weighted by atomic mass is 16.5. The van der Waals surface area contributed by atoms with E-state index in [1.54, 1.807) is 0 Å². The van der Waals surface area contributed by atoms with E-state index in [9.17, 15) is 0 Å². The van der Waals surface area contributed by atoms with Crippen LogP contribution in [0.5, 0.6) is 0 Å². The highest BCUT2D eigenvalue weighted by Crippen LogP contribution is 1.99. The molecule has 0 spiro atoms. The molecule has 0 aliphatic heterocycles. The molecule has 0 rings (SSSR count). The van der Waals surface area contributed by atoms with Crippen LogP contribution in [0, 0.1) is 12.8 Å². The molecule has 0 aliphatic carbocycles. The molecule has 1 radical (unpaired) electrons. The van der Waals surface area contributed by atoms with E-state index in [4.69, 9.17) is 4.74 Å². The molecule has 0 saturated carbocycles. The molecule has 0 heterocycles. The van der Waals surface area contributed by atoms with Crippen LogP contribution in [0.4, 0.5) is 0 Å². The molecule has 0 amide bonds. The van der Waals surface area contributed by atoms with Crippen molar-refractivity contribution in [3.8, 4) is 0 Å². The summed E-state index contributed by atoms with van der Waals surface area (Å²) in [6.07, 6.45) is 2.09. The lowest BCUT2D eigenvalue weighted by Gasteiger charge is -2.07. The molecule has 0 aromatic heterocycles. The quantitative estimate of drug-likeness (QED) is 0.517. The van der Waals surface area contributed by atoms with E-state index in [0.29, 0.717) is 5.92 Å². The van der Waals surface area contributed by atoms with Crippen molar-refractivity contribution in [2.24, 2.45) is 5.92 Å². The van der Waals surface area contributed by atoms with Gasteiger partial charge in [-0.15, -0.1) is 0 Å². The molecule has 55 valence electrons. The largest absolute Gasteiger partial charge is 0.381 e. The maximum absolute atomic E-state index is 5.30. The first-order valence-corrected chi connectivity index (χ1v) is 3.68. The van der Waals surface area contributed by atoms with Gasteiger partial charge < -0.3 is 4.74 Å². The zero-order valence-electron chi connectivity index (χ0n) is 6.52. The lowest BCUT2D eigenvalue weighted by Crippen LogP contribution is -2.04. The molecule has 0 saturated heterocycles. The van der Waals surface area contributed by atoms with Gasteiger partial charge in [0, 0.05) is 13.2 Å². The van der Waals surface area contributed by atoms with Crippen LogP contribution in [0.15, 0.2) is 0 Å². The summed E-state index contributed by atoms with van der Waals surface area (Å²) in [5.74, 6) is 0.622. The summed E-state index contributed by atoms with van der Waals surface area (Å²) in [5, 5.41) is 0. The van der Waals surface area contributed by atoms with E-state index in [0.717, 1.165) is 26.1 Å². The van der Waals surface area contributed by atoms with Crippen molar-refractivity contribution >= 4 is 0 Å². The maximum Gasteiger partial charge on any atom is 0.0491 e. The molecule has 0 aliphatic rings. The van der Waals surface area contributed by atoms with E-state index in [1.807, 2.05) is 0 Å². The highest BCUT2D eigenvalue weighted by molar-refractivity contribution is 4.51. The van der Waals surface area contributed by atoms with Gasteiger partial charge in [0.05, 0.1) is 0 Å². The monoisotopic (exact) mass is 129 g/mol. The Morgan fingerprint density at radius 1 is 1.56 bits per heavy atom. The van der Waals surface area contributed by atoms with Gasteiger partial charge >= 0.3 is 0 Å². The van der Waals surface area contributed by atoms with Crippen molar-refractivity contribution in [2.75, 3.05) is 13.2 Å². The van der Waals surface area contributed by atoms with Gasteiger partial charge in [-0.3, -0.25) is 0 Å². The molecular weight excluding hydrogens is 112 g/mol. The zero-order chi connectivity index (χ0) is 7.11. The van der Waals surface area contributed by atoms with Crippen molar-refractivity contribution < 1.29 is 4.74 Å². The molecular formula is C8H17O. The summed E-state index contributed by atoms with van der Waals surface area (Å²) in [6.45, 7) is 9.83. The Hall–Kier alpha value is -0.0400. The first-order chi connectivity index (χ1) is 4.31. The number of hydrogen-bond acceptors (Lipinski definition) is 1. The molecule has 0 aromatic carbocycles. The van der Waals surface area contributed by atoms with E-state index in [2.05, 4.69) is 20.8 Å². The molecule has 0 N–H and O–H groups in total. The predicted octanol–water partition coefficient (Wildman–Crippen LogP) is 2.27. The third-order valence-corrected chi connectivity index (χ3v) is 1.24. The van der Waals surface area contributed by atoms with Crippen LogP contribution in [0.3, 0.4) is 0 Å². The number of ether oxygens (including phenoxy) is 1. The molecule has 0 bridgehead atoms. The Morgan fingerprint density at radius 2 is 2.22 bits per heavy atom.